The molecule has 1 N–H and O–H groups in total. The summed E-state index contributed by atoms with van der Waals surface area (Å²) in [6.07, 6.45) is 3.61. The number of hydrogen-bond acceptors (Lipinski definition) is 2. The van der Waals surface area contributed by atoms with Crippen LogP contribution in [-0.4, -0.2) is 13.1 Å². The molecule has 0 fully saturated rings. The summed E-state index contributed by atoms with van der Waals surface area (Å²) in [5, 5.41) is 4.18. The molecule has 0 saturated heterocycles. The van der Waals surface area contributed by atoms with Gasteiger partial charge >= 0.3 is 0 Å². The number of rotatable bonds is 5. The Kier molecular flexibility index (Phi) is 4.18. The fraction of sp³-hybridized carbons (Fsp3) is 0.385. The summed E-state index contributed by atoms with van der Waals surface area (Å²) in [6, 6.07) is 3.32. The van der Waals surface area contributed by atoms with Gasteiger partial charge in [0, 0.05) is 9.86 Å². The van der Waals surface area contributed by atoms with Crippen molar-refractivity contribution < 1.29 is 8.81 Å². The number of fused-ring (bicyclic) bond motifs is 1. The highest BCUT2D eigenvalue weighted by molar-refractivity contribution is 9.10. The number of furan rings is 1. The minimum Gasteiger partial charge on any atom is -0.461 e. The molecule has 92 valence electrons. The lowest BCUT2D eigenvalue weighted by Gasteiger charge is -2.01. The monoisotopic (exact) mass is 299 g/mol. The van der Waals surface area contributed by atoms with Gasteiger partial charge < -0.3 is 9.73 Å². The number of halogens is 2. The maximum absolute atomic E-state index is 13.6. The predicted octanol–water partition coefficient (Wildman–Crippen LogP) is 3.88. The molecule has 1 aromatic heterocycles. The Morgan fingerprint density at radius 2 is 2.18 bits per heavy atom. The van der Waals surface area contributed by atoms with Crippen LogP contribution in [0.5, 0.6) is 0 Å². The Hall–Kier alpha value is -0.870. The second-order valence-electron chi connectivity index (χ2n) is 4.03. The minimum absolute atomic E-state index is 0.317. The molecule has 0 atom stereocenters. The lowest BCUT2D eigenvalue weighted by atomic mass is 10.1. The summed E-state index contributed by atoms with van der Waals surface area (Å²) >= 11 is 3.30. The van der Waals surface area contributed by atoms with Crippen LogP contribution >= 0.6 is 15.9 Å². The number of nitrogens with one attached hydrogen (secondary N) is 1. The maximum Gasteiger partial charge on any atom is 0.169 e. The molecule has 2 nitrogen and oxygen atoms in total. The van der Waals surface area contributed by atoms with Crippen molar-refractivity contribution in [2.75, 3.05) is 13.1 Å². The lowest BCUT2D eigenvalue weighted by molar-refractivity contribution is 0.557. The molecular formula is C13H15BrFNO. The van der Waals surface area contributed by atoms with Crippen molar-refractivity contribution in [2.24, 2.45) is 0 Å². The van der Waals surface area contributed by atoms with Gasteiger partial charge in [0.25, 0.3) is 0 Å². The SMILES string of the molecule is CCCNCCc1coc2c(F)cc(Br)cc12. The fourth-order valence-corrected chi connectivity index (χ4v) is 2.26. The summed E-state index contributed by atoms with van der Waals surface area (Å²) < 4.78 is 19.6. The largest absolute Gasteiger partial charge is 0.461 e. The van der Waals surface area contributed by atoms with Crippen LogP contribution in [-0.2, 0) is 6.42 Å². The topological polar surface area (TPSA) is 25.2 Å². The second kappa shape index (κ2) is 5.65. The van der Waals surface area contributed by atoms with Gasteiger partial charge in [0.15, 0.2) is 11.4 Å². The summed E-state index contributed by atoms with van der Waals surface area (Å²) in [7, 11) is 0. The molecule has 0 aliphatic carbocycles. The van der Waals surface area contributed by atoms with Gasteiger partial charge in [-0.05, 0) is 43.6 Å². The lowest BCUT2D eigenvalue weighted by Crippen LogP contribution is -2.17. The normalized spacial score (nSPS) is 11.2. The third-order valence-corrected chi connectivity index (χ3v) is 3.13. The van der Waals surface area contributed by atoms with Crippen LogP contribution < -0.4 is 5.32 Å². The molecule has 0 unspecified atom stereocenters. The van der Waals surface area contributed by atoms with E-state index in [-0.39, 0.29) is 5.82 Å². The van der Waals surface area contributed by atoms with Crippen LogP contribution in [0.15, 0.2) is 27.3 Å². The van der Waals surface area contributed by atoms with Gasteiger partial charge in [0.05, 0.1) is 6.26 Å². The first-order valence-corrected chi connectivity index (χ1v) is 6.57. The van der Waals surface area contributed by atoms with Gasteiger partial charge in [-0.1, -0.05) is 22.9 Å². The van der Waals surface area contributed by atoms with Gasteiger partial charge in [-0.15, -0.1) is 0 Å². The summed E-state index contributed by atoms with van der Waals surface area (Å²) in [4.78, 5) is 0. The first-order valence-electron chi connectivity index (χ1n) is 5.78. The molecule has 0 aliphatic heterocycles. The van der Waals surface area contributed by atoms with Crippen LogP contribution in [0.1, 0.15) is 18.9 Å². The van der Waals surface area contributed by atoms with E-state index in [4.69, 9.17) is 4.42 Å². The van der Waals surface area contributed by atoms with E-state index >= 15 is 0 Å². The zero-order valence-electron chi connectivity index (χ0n) is 9.72. The van der Waals surface area contributed by atoms with Gasteiger partial charge in [-0.3, -0.25) is 0 Å². The number of hydrogen-bond donors (Lipinski definition) is 1. The van der Waals surface area contributed by atoms with E-state index < -0.39 is 0 Å². The minimum atomic E-state index is -0.317. The van der Waals surface area contributed by atoms with Crippen LogP contribution in [0.3, 0.4) is 0 Å². The van der Waals surface area contributed by atoms with Crippen LogP contribution in [0.2, 0.25) is 0 Å². The summed E-state index contributed by atoms with van der Waals surface area (Å²) in [6.45, 7) is 4.02. The Bertz CT molecular complexity index is 509. The average Bonchev–Trinajstić information content (AvgIpc) is 2.68. The predicted molar refractivity (Wildman–Crippen MR) is 70.7 cm³/mol. The van der Waals surface area contributed by atoms with E-state index in [0.29, 0.717) is 5.58 Å². The van der Waals surface area contributed by atoms with Gasteiger partial charge in [-0.2, -0.15) is 0 Å². The first kappa shape index (κ1) is 12.6. The van der Waals surface area contributed by atoms with Crippen molar-refractivity contribution in [3.63, 3.8) is 0 Å². The van der Waals surface area contributed by atoms with Crippen molar-refractivity contribution in [3.05, 3.63) is 34.2 Å². The summed E-state index contributed by atoms with van der Waals surface area (Å²) in [5.74, 6) is -0.317. The Morgan fingerprint density at radius 3 is 2.94 bits per heavy atom. The van der Waals surface area contributed by atoms with Crippen molar-refractivity contribution in [1.29, 1.82) is 0 Å². The standard InChI is InChI=1S/C13H15BrFNO/c1-2-4-16-5-3-9-8-17-13-11(9)6-10(14)7-12(13)15/h6-8,16H,2-5H2,1H3. The van der Waals surface area contributed by atoms with E-state index in [9.17, 15) is 4.39 Å². The molecule has 2 aromatic rings. The van der Waals surface area contributed by atoms with E-state index in [1.807, 2.05) is 6.07 Å². The molecule has 1 aromatic carbocycles. The summed E-state index contributed by atoms with van der Waals surface area (Å²) in [5.41, 5.74) is 1.39. The smallest absolute Gasteiger partial charge is 0.169 e. The van der Waals surface area contributed by atoms with Crippen molar-refractivity contribution in [2.45, 2.75) is 19.8 Å². The highest BCUT2D eigenvalue weighted by atomic mass is 79.9. The van der Waals surface area contributed by atoms with Crippen LogP contribution in [0.4, 0.5) is 4.39 Å². The molecule has 0 radical (unpaired) electrons. The first-order chi connectivity index (χ1) is 8.22. The Balaban J connectivity index is 2.18. The van der Waals surface area contributed by atoms with Gasteiger partial charge in [0.2, 0.25) is 0 Å². The molecule has 2 rings (SSSR count). The second-order valence-corrected chi connectivity index (χ2v) is 4.94. The zero-order valence-corrected chi connectivity index (χ0v) is 11.3. The van der Waals surface area contributed by atoms with Crippen molar-refractivity contribution in [3.8, 4) is 0 Å². The van der Waals surface area contributed by atoms with Crippen LogP contribution in [0.25, 0.3) is 11.0 Å². The Morgan fingerprint density at radius 1 is 1.35 bits per heavy atom. The maximum atomic E-state index is 13.6. The van der Waals surface area contributed by atoms with Crippen molar-refractivity contribution >= 4 is 26.9 Å². The molecule has 0 saturated carbocycles. The fourth-order valence-electron chi connectivity index (χ4n) is 1.83. The molecule has 0 amide bonds. The van der Waals surface area contributed by atoms with E-state index in [1.165, 1.54) is 6.07 Å². The molecule has 0 bridgehead atoms. The highest BCUT2D eigenvalue weighted by Gasteiger charge is 2.10. The van der Waals surface area contributed by atoms with Crippen LogP contribution in [0, 0.1) is 5.82 Å². The third kappa shape index (κ3) is 2.87. The Labute approximate surface area is 108 Å². The molecule has 1 heterocycles. The zero-order chi connectivity index (χ0) is 12.3. The van der Waals surface area contributed by atoms with Gasteiger partial charge in [-0.25, -0.2) is 4.39 Å². The third-order valence-electron chi connectivity index (χ3n) is 2.67. The quantitative estimate of drug-likeness (QED) is 0.848. The average molecular weight is 300 g/mol. The van der Waals surface area contributed by atoms with E-state index in [1.54, 1.807) is 6.26 Å². The molecule has 0 spiro atoms. The molecule has 17 heavy (non-hydrogen) atoms. The van der Waals surface area contributed by atoms with Crippen molar-refractivity contribution in [1.82, 2.24) is 5.32 Å². The molecular weight excluding hydrogens is 285 g/mol. The number of benzene rings is 1. The molecule has 4 heteroatoms. The molecule has 0 aliphatic rings. The van der Waals surface area contributed by atoms with E-state index in [2.05, 4.69) is 28.2 Å². The van der Waals surface area contributed by atoms with Gasteiger partial charge in [0.1, 0.15) is 0 Å². The van der Waals surface area contributed by atoms with E-state index in [0.717, 1.165) is 41.4 Å². The highest BCUT2D eigenvalue weighted by Crippen LogP contribution is 2.27.